The Hall–Kier alpha value is -0.650. The maximum Gasteiger partial charge on any atom is 0.329 e. The summed E-state index contributed by atoms with van der Waals surface area (Å²) in [4.78, 5) is 10.4. The van der Waals surface area contributed by atoms with Gasteiger partial charge in [0.25, 0.3) is 0 Å². The minimum atomic E-state index is -0.899. The van der Waals surface area contributed by atoms with Crippen LogP contribution in [0, 0.1) is 0 Å². The third-order valence-corrected chi connectivity index (χ3v) is 2.60. The molecular weight excluding hydrogens is 234 g/mol. The van der Waals surface area contributed by atoms with Crippen LogP contribution in [0.15, 0.2) is 0 Å². The topological polar surface area (TPSA) is 78.5 Å². The highest BCUT2D eigenvalue weighted by Crippen LogP contribution is 2.30. The number of ether oxygens (including phenoxy) is 1. The highest BCUT2D eigenvalue weighted by Gasteiger charge is 2.38. The number of carbonyl (C=O) groups is 1. The van der Waals surface area contributed by atoms with E-state index in [-0.39, 0.29) is 30.4 Å². The Morgan fingerprint density at radius 1 is 1.28 bits per heavy atom. The van der Waals surface area contributed by atoms with Crippen molar-refractivity contribution in [3.63, 3.8) is 0 Å². The van der Waals surface area contributed by atoms with Crippen molar-refractivity contribution in [3.8, 4) is 0 Å². The van der Waals surface area contributed by atoms with Crippen molar-refractivity contribution in [2.45, 2.75) is 64.6 Å². The number of hydrogen-bond acceptors (Lipinski definition) is 3. The summed E-state index contributed by atoms with van der Waals surface area (Å²) in [5, 5.41) is 21.0. The molecule has 0 aromatic rings. The van der Waals surface area contributed by atoms with E-state index in [1.807, 2.05) is 0 Å². The third-order valence-electron chi connectivity index (χ3n) is 2.60. The Morgan fingerprint density at radius 2 is 1.67 bits per heavy atom. The molecule has 1 aliphatic heterocycles. The summed E-state index contributed by atoms with van der Waals surface area (Å²) in [7, 11) is 0. The highest BCUT2D eigenvalue weighted by atomic mass is 16.5. The molecule has 1 aliphatic rings. The number of rotatable bonds is 3. The molecule has 1 radical (unpaired) electrons. The molecule has 0 spiro atoms. The first-order valence-corrected chi connectivity index (χ1v) is 6.33. The molecule has 0 aliphatic carbocycles. The molecule has 0 saturated carbocycles. The first-order chi connectivity index (χ1) is 8.12. The van der Waals surface area contributed by atoms with E-state index < -0.39 is 5.97 Å². The van der Waals surface area contributed by atoms with Crippen LogP contribution < -0.4 is 5.32 Å². The number of piperidine rings is 1. The van der Waals surface area contributed by atoms with Gasteiger partial charge < -0.3 is 15.2 Å². The SMILES string of the molecule is CC1(C)CC(OCC(=O)O)CC(C)(C)N1.CC[O]. The molecule has 0 atom stereocenters. The number of hydrogen-bond donors (Lipinski definition) is 2. The Morgan fingerprint density at radius 3 is 2.00 bits per heavy atom. The lowest BCUT2D eigenvalue weighted by molar-refractivity contribution is -0.146. The molecule has 1 heterocycles. The zero-order valence-electron chi connectivity index (χ0n) is 12.1. The van der Waals surface area contributed by atoms with Gasteiger partial charge >= 0.3 is 5.97 Å². The molecule has 0 bridgehead atoms. The van der Waals surface area contributed by atoms with Crippen LogP contribution in [0.3, 0.4) is 0 Å². The molecule has 1 rings (SSSR count). The van der Waals surface area contributed by atoms with Gasteiger partial charge in [-0.05, 0) is 47.5 Å². The zero-order chi connectivity index (χ0) is 14.4. The molecule has 1 fully saturated rings. The van der Waals surface area contributed by atoms with Crippen molar-refractivity contribution >= 4 is 5.97 Å². The van der Waals surface area contributed by atoms with Crippen molar-refractivity contribution in [1.82, 2.24) is 5.32 Å². The predicted molar refractivity (Wildman–Crippen MR) is 69.1 cm³/mol. The molecule has 107 valence electrons. The molecule has 18 heavy (non-hydrogen) atoms. The standard InChI is InChI=1S/C11H21NO3.C2H5O/c1-10(2)5-8(15-7-9(13)14)6-11(3,4)12-10;1-2-3/h8,12H,5-7H2,1-4H3,(H,13,14);2H2,1H3. The maximum absolute atomic E-state index is 10.4. The first kappa shape index (κ1) is 17.4. The molecule has 2 N–H and O–H groups in total. The minimum Gasteiger partial charge on any atom is -0.480 e. The summed E-state index contributed by atoms with van der Waals surface area (Å²) in [6.07, 6.45) is 1.74. The van der Waals surface area contributed by atoms with Crippen molar-refractivity contribution < 1.29 is 19.7 Å². The van der Waals surface area contributed by atoms with E-state index in [0.29, 0.717) is 0 Å². The van der Waals surface area contributed by atoms with Gasteiger partial charge in [0, 0.05) is 11.1 Å². The van der Waals surface area contributed by atoms with Gasteiger partial charge in [0.1, 0.15) is 6.61 Å². The van der Waals surface area contributed by atoms with Gasteiger partial charge in [-0.1, -0.05) is 0 Å². The van der Waals surface area contributed by atoms with Crippen molar-refractivity contribution in [1.29, 1.82) is 0 Å². The minimum absolute atomic E-state index is 0. The van der Waals surface area contributed by atoms with E-state index in [0.717, 1.165) is 12.8 Å². The van der Waals surface area contributed by atoms with Crippen LogP contribution in [0.1, 0.15) is 47.5 Å². The number of nitrogens with one attached hydrogen (secondary N) is 1. The summed E-state index contributed by atoms with van der Waals surface area (Å²) in [5.41, 5.74) is 0.00976. The molecule has 0 aromatic carbocycles. The van der Waals surface area contributed by atoms with E-state index in [2.05, 4.69) is 33.0 Å². The van der Waals surface area contributed by atoms with Gasteiger partial charge in [0.05, 0.1) is 12.7 Å². The Balaban J connectivity index is 0.000000873. The molecule has 5 heteroatoms. The quantitative estimate of drug-likeness (QED) is 0.811. The normalized spacial score (nSPS) is 21.9. The molecule has 0 aromatic heterocycles. The Bertz CT molecular complexity index is 248. The Labute approximate surface area is 110 Å². The van der Waals surface area contributed by atoms with Crippen molar-refractivity contribution in [3.05, 3.63) is 0 Å². The molecular formula is C13H26NO4. The van der Waals surface area contributed by atoms with Gasteiger partial charge in [-0.15, -0.1) is 0 Å². The van der Waals surface area contributed by atoms with Gasteiger partial charge in [-0.2, -0.15) is 0 Å². The lowest BCUT2D eigenvalue weighted by Gasteiger charge is -2.46. The van der Waals surface area contributed by atoms with Crippen LogP contribution in [-0.2, 0) is 14.6 Å². The fourth-order valence-corrected chi connectivity index (χ4v) is 2.54. The van der Waals surface area contributed by atoms with E-state index >= 15 is 0 Å². The molecule has 1 saturated heterocycles. The van der Waals surface area contributed by atoms with Gasteiger partial charge in [-0.3, -0.25) is 0 Å². The molecule has 0 unspecified atom stereocenters. The van der Waals surface area contributed by atoms with Crippen LogP contribution in [0.25, 0.3) is 0 Å². The maximum atomic E-state index is 10.4. The number of carboxylic acids is 1. The van der Waals surface area contributed by atoms with E-state index in [4.69, 9.17) is 14.9 Å². The molecule has 0 amide bonds. The summed E-state index contributed by atoms with van der Waals surface area (Å²) in [6, 6.07) is 0. The van der Waals surface area contributed by atoms with E-state index in [9.17, 15) is 4.79 Å². The van der Waals surface area contributed by atoms with Crippen molar-refractivity contribution in [2.75, 3.05) is 13.2 Å². The van der Waals surface area contributed by atoms with Crippen LogP contribution >= 0.6 is 0 Å². The van der Waals surface area contributed by atoms with Crippen LogP contribution in [0.5, 0.6) is 0 Å². The van der Waals surface area contributed by atoms with Gasteiger partial charge in [0.2, 0.25) is 0 Å². The van der Waals surface area contributed by atoms with Gasteiger partial charge in [-0.25, -0.2) is 9.90 Å². The number of carboxylic acid groups (broad SMARTS) is 1. The largest absolute Gasteiger partial charge is 0.480 e. The smallest absolute Gasteiger partial charge is 0.329 e. The van der Waals surface area contributed by atoms with Crippen molar-refractivity contribution in [2.24, 2.45) is 0 Å². The predicted octanol–water partition coefficient (Wildman–Crippen LogP) is 1.83. The lowest BCUT2D eigenvalue weighted by Crippen LogP contribution is -2.59. The van der Waals surface area contributed by atoms with E-state index in [1.165, 1.54) is 0 Å². The second-order valence-electron chi connectivity index (χ2n) is 5.92. The first-order valence-electron chi connectivity index (χ1n) is 6.33. The monoisotopic (exact) mass is 260 g/mol. The Kier molecular flexibility index (Phi) is 6.81. The average molecular weight is 260 g/mol. The third kappa shape index (κ3) is 7.63. The van der Waals surface area contributed by atoms with Crippen LogP contribution in [0.4, 0.5) is 0 Å². The second-order valence-corrected chi connectivity index (χ2v) is 5.92. The summed E-state index contributed by atoms with van der Waals surface area (Å²) >= 11 is 0. The fraction of sp³-hybridized carbons (Fsp3) is 0.923. The fourth-order valence-electron chi connectivity index (χ4n) is 2.54. The number of aliphatic carboxylic acids is 1. The lowest BCUT2D eigenvalue weighted by atomic mass is 9.81. The molecule has 5 nitrogen and oxygen atoms in total. The average Bonchev–Trinajstić information content (AvgIpc) is 2.11. The van der Waals surface area contributed by atoms with Gasteiger partial charge in [0.15, 0.2) is 0 Å². The summed E-state index contributed by atoms with van der Waals surface area (Å²) in [6.45, 7) is 9.84. The zero-order valence-corrected chi connectivity index (χ0v) is 12.1. The summed E-state index contributed by atoms with van der Waals surface area (Å²) in [5.74, 6) is -0.899. The van der Waals surface area contributed by atoms with Crippen LogP contribution in [0.2, 0.25) is 0 Å². The van der Waals surface area contributed by atoms with E-state index in [1.54, 1.807) is 6.92 Å². The second kappa shape index (κ2) is 7.07. The summed E-state index contributed by atoms with van der Waals surface area (Å²) < 4.78 is 5.38. The highest BCUT2D eigenvalue weighted by molar-refractivity contribution is 5.68. The van der Waals surface area contributed by atoms with Crippen LogP contribution in [-0.4, -0.2) is 41.5 Å².